The van der Waals surface area contributed by atoms with Crippen LogP contribution < -0.4 is 5.32 Å². The van der Waals surface area contributed by atoms with Gasteiger partial charge in [0.15, 0.2) is 0 Å². The second-order valence-corrected chi connectivity index (χ2v) is 6.75. The van der Waals surface area contributed by atoms with E-state index in [4.69, 9.17) is 0 Å². The van der Waals surface area contributed by atoms with Crippen molar-refractivity contribution in [3.05, 3.63) is 70.3 Å². The van der Waals surface area contributed by atoms with Crippen molar-refractivity contribution in [3.8, 4) is 0 Å². The standard InChI is InChI=1S/C21H26N2O/c1-16-9-10-20(17(2)13-16)21(24)22-14-18-7-3-4-8-19(18)15-23-11-5-6-12-23/h3-4,7-10,13H,5-6,11-12,14-15H2,1-2H3,(H,22,24). The molecule has 1 aliphatic rings. The van der Waals surface area contributed by atoms with Crippen molar-refractivity contribution in [1.82, 2.24) is 10.2 Å². The topological polar surface area (TPSA) is 32.3 Å². The van der Waals surface area contributed by atoms with Crippen LogP contribution in [0.15, 0.2) is 42.5 Å². The highest BCUT2D eigenvalue weighted by Crippen LogP contribution is 2.16. The van der Waals surface area contributed by atoms with E-state index in [0.29, 0.717) is 6.54 Å². The molecule has 0 radical (unpaired) electrons. The van der Waals surface area contributed by atoms with Gasteiger partial charge in [-0.3, -0.25) is 9.69 Å². The molecule has 1 N–H and O–H groups in total. The van der Waals surface area contributed by atoms with Crippen LogP contribution in [0.1, 0.15) is 45.5 Å². The molecule has 1 fully saturated rings. The minimum atomic E-state index is 0.00322. The molecule has 1 aliphatic heterocycles. The highest BCUT2D eigenvalue weighted by molar-refractivity contribution is 5.95. The maximum atomic E-state index is 12.5. The Kier molecular flexibility index (Phi) is 5.31. The maximum Gasteiger partial charge on any atom is 0.251 e. The minimum absolute atomic E-state index is 0.00322. The molecule has 0 bridgehead atoms. The summed E-state index contributed by atoms with van der Waals surface area (Å²) in [5, 5.41) is 3.08. The fraction of sp³-hybridized carbons (Fsp3) is 0.381. The van der Waals surface area contributed by atoms with Crippen LogP contribution in [-0.4, -0.2) is 23.9 Å². The van der Waals surface area contributed by atoms with Gasteiger partial charge < -0.3 is 5.32 Å². The summed E-state index contributed by atoms with van der Waals surface area (Å²) in [6.07, 6.45) is 2.59. The Labute approximate surface area is 144 Å². The number of benzene rings is 2. The van der Waals surface area contributed by atoms with E-state index in [1.54, 1.807) is 0 Å². The van der Waals surface area contributed by atoms with Crippen molar-refractivity contribution in [2.45, 2.75) is 39.8 Å². The van der Waals surface area contributed by atoms with E-state index in [9.17, 15) is 4.79 Å². The van der Waals surface area contributed by atoms with Gasteiger partial charge in [0.1, 0.15) is 0 Å². The molecule has 1 saturated heterocycles. The highest BCUT2D eigenvalue weighted by Gasteiger charge is 2.14. The number of rotatable bonds is 5. The Morgan fingerprint density at radius 3 is 2.46 bits per heavy atom. The first-order chi connectivity index (χ1) is 11.6. The molecule has 3 rings (SSSR count). The van der Waals surface area contributed by atoms with E-state index in [1.807, 2.05) is 32.0 Å². The van der Waals surface area contributed by atoms with Gasteiger partial charge >= 0.3 is 0 Å². The van der Waals surface area contributed by atoms with Crippen LogP contribution in [0.3, 0.4) is 0 Å². The van der Waals surface area contributed by atoms with Gasteiger partial charge in [0.2, 0.25) is 0 Å². The molecular formula is C21H26N2O. The van der Waals surface area contributed by atoms with Gasteiger partial charge in [-0.15, -0.1) is 0 Å². The second-order valence-electron chi connectivity index (χ2n) is 6.75. The van der Waals surface area contributed by atoms with E-state index in [2.05, 4.69) is 34.5 Å². The maximum absolute atomic E-state index is 12.5. The Hall–Kier alpha value is -2.13. The first-order valence-corrected chi connectivity index (χ1v) is 8.78. The number of nitrogens with one attached hydrogen (secondary N) is 1. The average molecular weight is 322 g/mol. The zero-order valence-electron chi connectivity index (χ0n) is 14.6. The number of likely N-dealkylation sites (tertiary alicyclic amines) is 1. The molecule has 3 heteroatoms. The van der Waals surface area contributed by atoms with Gasteiger partial charge in [0.05, 0.1) is 0 Å². The van der Waals surface area contributed by atoms with Crippen LogP contribution in [0.4, 0.5) is 0 Å². The summed E-state index contributed by atoms with van der Waals surface area (Å²) < 4.78 is 0. The number of hydrogen-bond donors (Lipinski definition) is 1. The summed E-state index contributed by atoms with van der Waals surface area (Å²) in [4.78, 5) is 15.0. The Morgan fingerprint density at radius 2 is 1.75 bits per heavy atom. The number of amides is 1. The third-order valence-electron chi connectivity index (χ3n) is 4.78. The van der Waals surface area contributed by atoms with Crippen LogP contribution in [0.2, 0.25) is 0 Å². The van der Waals surface area contributed by atoms with Crippen LogP contribution in [0.25, 0.3) is 0 Å². The summed E-state index contributed by atoms with van der Waals surface area (Å²) in [7, 11) is 0. The monoisotopic (exact) mass is 322 g/mol. The van der Waals surface area contributed by atoms with Crippen molar-refractivity contribution in [1.29, 1.82) is 0 Å². The molecule has 126 valence electrons. The third-order valence-corrected chi connectivity index (χ3v) is 4.78. The molecule has 1 amide bonds. The number of nitrogens with zero attached hydrogens (tertiary/aromatic N) is 1. The molecule has 0 spiro atoms. The van der Waals surface area contributed by atoms with E-state index < -0.39 is 0 Å². The first kappa shape index (κ1) is 16.7. The van der Waals surface area contributed by atoms with E-state index in [1.165, 1.54) is 42.6 Å². The molecule has 2 aromatic carbocycles. The van der Waals surface area contributed by atoms with Gasteiger partial charge in [-0.2, -0.15) is 0 Å². The van der Waals surface area contributed by atoms with Crippen LogP contribution in [-0.2, 0) is 13.1 Å². The van der Waals surface area contributed by atoms with Gasteiger partial charge in [-0.1, -0.05) is 42.0 Å². The van der Waals surface area contributed by atoms with E-state index in [0.717, 1.165) is 17.7 Å². The zero-order valence-corrected chi connectivity index (χ0v) is 14.6. The molecule has 0 saturated carbocycles. The molecule has 0 atom stereocenters. The molecule has 24 heavy (non-hydrogen) atoms. The molecule has 3 nitrogen and oxygen atoms in total. The Balaban J connectivity index is 1.66. The number of carbonyl (C=O) groups excluding carboxylic acids is 1. The summed E-state index contributed by atoms with van der Waals surface area (Å²) in [6, 6.07) is 14.4. The lowest BCUT2D eigenvalue weighted by molar-refractivity contribution is 0.0950. The van der Waals surface area contributed by atoms with Crippen LogP contribution in [0, 0.1) is 13.8 Å². The summed E-state index contributed by atoms with van der Waals surface area (Å²) in [5.74, 6) is 0.00322. The lowest BCUT2D eigenvalue weighted by Gasteiger charge is -2.18. The quantitative estimate of drug-likeness (QED) is 0.907. The van der Waals surface area contributed by atoms with Gasteiger partial charge in [0.25, 0.3) is 5.91 Å². The normalized spacial score (nSPS) is 14.8. The summed E-state index contributed by atoms with van der Waals surface area (Å²) in [5.41, 5.74) is 5.50. The molecule has 2 aromatic rings. The fourth-order valence-corrected chi connectivity index (χ4v) is 3.40. The number of hydrogen-bond acceptors (Lipinski definition) is 2. The zero-order chi connectivity index (χ0) is 16.9. The van der Waals surface area contributed by atoms with Crippen molar-refractivity contribution in [2.75, 3.05) is 13.1 Å². The number of carbonyl (C=O) groups is 1. The fourth-order valence-electron chi connectivity index (χ4n) is 3.40. The lowest BCUT2D eigenvalue weighted by Crippen LogP contribution is -2.25. The molecule has 0 unspecified atom stereocenters. The largest absolute Gasteiger partial charge is 0.348 e. The van der Waals surface area contributed by atoms with Gasteiger partial charge in [-0.05, 0) is 62.5 Å². The van der Waals surface area contributed by atoms with Crippen molar-refractivity contribution in [2.24, 2.45) is 0 Å². The second kappa shape index (κ2) is 7.63. The predicted octanol–water partition coefficient (Wildman–Crippen LogP) is 3.83. The van der Waals surface area contributed by atoms with Gasteiger partial charge in [0, 0.05) is 18.7 Å². The van der Waals surface area contributed by atoms with E-state index >= 15 is 0 Å². The van der Waals surface area contributed by atoms with Crippen LogP contribution >= 0.6 is 0 Å². The minimum Gasteiger partial charge on any atom is -0.348 e. The van der Waals surface area contributed by atoms with E-state index in [-0.39, 0.29) is 5.91 Å². The summed E-state index contributed by atoms with van der Waals surface area (Å²) >= 11 is 0. The van der Waals surface area contributed by atoms with Gasteiger partial charge in [-0.25, -0.2) is 0 Å². The molecule has 1 heterocycles. The number of aryl methyl sites for hydroxylation is 2. The van der Waals surface area contributed by atoms with Crippen molar-refractivity contribution < 1.29 is 4.79 Å². The molecular weight excluding hydrogens is 296 g/mol. The SMILES string of the molecule is Cc1ccc(C(=O)NCc2ccccc2CN2CCCC2)c(C)c1. The third kappa shape index (κ3) is 4.04. The van der Waals surface area contributed by atoms with Crippen LogP contribution in [0.5, 0.6) is 0 Å². The molecule has 0 aromatic heterocycles. The average Bonchev–Trinajstić information content (AvgIpc) is 3.07. The lowest BCUT2D eigenvalue weighted by atomic mass is 10.0. The van der Waals surface area contributed by atoms with Crippen molar-refractivity contribution >= 4 is 5.91 Å². The highest BCUT2D eigenvalue weighted by atomic mass is 16.1. The Morgan fingerprint density at radius 1 is 1.04 bits per heavy atom. The predicted molar refractivity (Wildman–Crippen MR) is 98.0 cm³/mol. The van der Waals surface area contributed by atoms with Crippen molar-refractivity contribution in [3.63, 3.8) is 0 Å². The summed E-state index contributed by atoms with van der Waals surface area (Å²) in [6.45, 7) is 7.96. The Bertz CT molecular complexity index is 718. The smallest absolute Gasteiger partial charge is 0.251 e. The molecule has 0 aliphatic carbocycles. The first-order valence-electron chi connectivity index (χ1n) is 8.78.